The number of benzene rings is 4. The van der Waals surface area contributed by atoms with Crippen molar-refractivity contribution in [3.8, 4) is 11.1 Å². The van der Waals surface area contributed by atoms with Crippen molar-refractivity contribution in [3.05, 3.63) is 144 Å². The lowest BCUT2D eigenvalue weighted by molar-refractivity contribution is 0.397. The Labute approximate surface area is 327 Å². The Morgan fingerprint density at radius 2 is 0.907 bits per heavy atom. The second-order valence-electron chi connectivity index (χ2n) is 15.7. The van der Waals surface area contributed by atoms with E-state index >= 15 is 0 Å². The second kappa shape index (κ2) is 20.9. The maximum absolute atomic E-state index is 4.23. The van der Waals surface area contributed by atoms with Crippen LogP contribution in [0.3, 0.4) is 0 Å². The Balaban J connectivity index is 1.38. The molecule has 0 fully saturated rings. The summed E-state index contributed by atoms with van der Waals surface area (Å²) >= 11 is 0. The molecule has 2 nitrogen and oxygen atoms in total. The fraction of sp³-hybridized carbons (Fsp3) is 0.404. The van der Waals surface area contributed by atoms with Crippen LogP contribution >= 0.6 is 0 Å². The van der Waals surface area contributed by atoms with E-state index in [9.17, 15) is 0 Å². The molecule has 0 amide bonds. The predicted octanol–water partition coefficient (Wildman–Crippen LogP) is 16.0. The Morgan fingerprint density at radius 3 is 1.44 bits per heavy atom. The summed E-state index contributed by atoms with van der Waals surface area (Å²) in [4.78, 5) is 6.68. The molecule has 6 rings (SSSR count). The average Bonchev–Trinajstić information content (AvgIpc) is 3.48. The summed E-state index contributed by atoms with van der Waals surface area (Å²) < 4.78 is 0. The number of hydrogen-bond acceptors (Lipinski definition) is 2. The third kappa shape index (κ3) is 10.2. The van der Waals surface area contributed by atoms with E-state index in [0.29, 0.717) is 0 Å². The topological polar surface area (TPSA) is 16.1 Å². The van der Waals surface area contributed by atoms with Crippen LogP contribution in [0.4, 0.5) is 17.1 Å². The molecule has 0 bridgehead atoms. The van der Waals surface area contributed by atoms with Gasteiger partial charge in [-0.2, -0.15) is 0 Å². The minimum atomic E-state index is -0.00927. The third-order valence-electron chi connectivity index (χ3n) is 11.7. The van der Waals surface area contributed by atoms with Crippen LogP contribution in [0.5, 0.6) is 0 Å². The molecular formula is C52H64N2. The molecule has 0 aliphatic heterocycles. The van der Waals surface area contributed by atoms with E-state index in [1.165, 1.54) is 160 Å². The molecule has 0 unspecified atom stereocenters. The highest BCUT2D eigenvalue weighted by Gasteiger charge is 2.42. The first kappa shape index (κ1) is 39.3. The van der Waals surface area contributed by atoms with Crippen LogP contribution in [0, 0.1) is 0 Å². The Kier molecular flexibility index (Phi) is 15.2. The van der Waals surface area contributed by atoms with Crippen LogP contribution in [0.1, 0.15) is 152 Å². The highest BCUT2D eigenvalue weighted by molar-refractivity contribution is 5.87. The molecule has 54 heavy (non-hydrogen) atoms. The fourth-order valence-corrected chi connectivity index (χ4v) is 8.80. The minimum absolute atomic E-state index is 0.00927. The molecule has 0 spiro atoms. The third-order valence-corrected chi connectivity index (χ3v) is 11.7. The van der Waals surface area contributed by atoms with Gasteiger partial charge in [0.25, 0.3) is 0 Å². The zero-order valence-electron chi connectivity index (χ0n) is 33.3. The van der Waals surface area contributed by atoms with Crippen LogP contribution < -0.4 is 4.90 Å². The molecule has 0 N–H and O–H groups in total. The summed E-state index contributed by atoms with van der Waals surface area (Å²) in [6.07, 6.45) is 32.2. The fourth-order valence-electron chi connectivity index (χ4n) is 8.80. The van der Waals surface area contributed by atoms with Crippen LogP contribution in [0.15, 0.2) is 122 Å². The summed E-state index contributed by atoms with van der Waals surface area (Å²) in [7, 11) is 0. The van der Waals surface area contributed by atoms with Gasteiger partial charge < -0.3 is 4.90 Å². The Morgan fingerprint density at radius 1 is 0.444 bits per heavy atom. The van der Waals surface area contributed by atoms with E-state index in [1.807, 2.05) is 12.4 Å². The first-order valence-electron chi connectivity index (χ1n) is 21.5. The molecule has 1 aliphatic rings. The van der Waals surface area contributed by atoms with Crippen molar-refractivity contribution in [3.63, 3.8) is 0 Å². The molecular weight excluding hydrogens is 653 g/mol. The highest BCUT2D eigenvalue weighted by atomic mass is 15.1. The number of hydrogen-bond donors (Lipinski definition) is 0. The van der Waals surface area contributed by atoms with Gasteiger partial charge in [0.2, 0.25) is 0 Å². The Hall–Kier alpha value is -4.43. The minimum Gasteiger partial charge on any atom is -0.310 e. The number of aromatic nitrogens is 1. The van der Waals surface area contributed by atoms with Crippen LogP contribution in [-0.2, 0) is 5.41 Å². The maximum atomic E-state index is 4.23. The van der Waals surface area contributed by atoms with Gasteiger partial charge in [0, 0.05) is 34.9 Å². The largest absolute Gasteiger partial charge is 0.310 e. The van der Waals surface area contributed by atoms with Gasteiger partial charge in [0.15, 0.2) is 0 Å². The predicted molar refractivity (Wildman–Crippen MR) is 235 cm³/mol. The number of para-hydroxylation sites is 2. The van der Waals surface area contributed by atoms with Gasteiger partial charge in [0.05, 0.1) is 0 Å². The number of unbranched alkanes of at least 4 members (excludes halogenated alkanes) is 14. The standard InChI is InChI=1S/C52H64N2/c1-3-5-7-9-11-13-15-23-37-52(38-24-16-14-12-10-8-6-4-2)50-41-44(30-29-43-35-39-53-40-36-43)31-33-48(50)49-34-32-47(42-51(49)52)54(45-25-19-17-20-26-45)46-27-21-18-22-28-46/h17-22,25-36,39-42H,3-16,23-24,37-38H2,1-2H3. The van der Waals surface area contributed by atoms with Gasteiger partial charge in [0.1, 0.15) is 0 Å². The summed E-state index contributed by atoms with van der Waals surface area (Å²) in [5, 5.41) is 0. The van der Waals surface area contributed by atoms with Crippen molar-refractivity contribution in [1.82, 2.24) is 4.98 Å². The molecule has 0 saturated heterocycles. The zero-order valence-corrected chi connectivity index (χ0v) is 33.3. The molecule has 2 heteroatoms. The van der Waals surface area contributed by atoms with Gasteiger partial charge in [-0.25, -0.2) is 0 Å². The number of pyridine rings is 1. The number of anilines is 3. The second-order valence-corrected chi connectivity index (χ2v) is 15.7. The summed E-state index contributed by atoms with van der Waals surface area (Å²) in [6, 6.07) is 40.7. The van der Waals surface area contributed by atoms with Gasteiger partial charge in [-0.1, -0.05) is 189 Å². The van der Waals surface area contributed by atoms with Gasteiger partial charge in [-0.3, -0.25) is 4.98 Å². The summed E-state index contributed by atoms with van der Waals surface area (Å²) in [5.74, 6) is 0. The monoisotopic (exact) mass is 717 g/mol. The van der Waals surface area contributed by atoms with E-state index < -0.39 is 0 Å². The maximum Gasteiger partial charge on any atom is 0.0465 e. The zero-order chi connectivity index (χ0) is 37.3. The summed E-state index contributed by atoms with van der Waals surface area (Å²) in [6.45, 7) is 4.63. The molecule has 4 aromatic carbocycles. The van der Waals surface area contributed by atoms with E-state index in [2.05, 4.69) is 145 Å². The van der Waals surface area contributed by atoms with Crippen molar-refractivity contribution >= 4 is 29.2 Å². The molecule has 282 valence electrons. The van der Waals surface area contributed by atoms with Crippen molar-refractivity contribution in [1.29, 1.82) is 0 Å². The van der Waals surface area contributed by atoms with E-state index in [4.69, 9.17) is 0 Å². The highest BCUT2D eigenvalue weighted by Crippen LogP contribution is 2.56. The van der Waals surface area contributed by atoms with Crippen molar-refractivity contribution in [2.75, 3.05) is 4.90 Å². The van der Waals surface area contributed by atoms with Crippen LogP contribution in [0.25, 0.3) is 23.3 Å². The molecule has 0 atom stereocenters. The van der Waals surface area contributed by atoms with Gasteiger partial charge in [-0.05, 0) is 94.8 Å². The number of rotatable bonds is 23. The molecule has 5 aromatic rings. The lowest BCUT2D eigenvalue weighted by Gasteiger charge is -2.34. The van der Waals surface area contributed by atoms with Crippen molar-refractivity contribution in [2.45, 2.75) is 135 Å². The molecule has 0 saturated carbocycles. The lowest BCUT2D eigenvalue weighted by Crippen LogP contribution is -2.26. The van der Waals surface area contributed by atoms with E-state index in [0.717, 1.165) is 0 Å². The lowest BCUT2D eigenvalue weighted by atomic mass is 9.70. The first-order valence-corrected chi connectivity index (χ1v) is 21.5. The van der Waals surface area contributed by atoms with Crippen molar-refractivity contribution < 1.29 is 0 Å². The molecule has 1 aromatic heterocycles. The number of nitrogens with zero attached hydrogens (tertiary/aromatic N) is 2. The first-order chi connectivity index (χ1) is 26.7. The van der Waals surface area contributed by atoms with Crippen LogP contribution in [-0.4, -0.2) is 4.98 Å². The van der Waals surface area contributed by atoms with E-state index in [-0.39, 0.29) is 5.41 Å². The Bertz CT molecular complexity index is 1780. The molecule has 0 radical (unpaired) electrons. The quantitative estimate of drug-likeness (QED) is 0.0626. The van der Waals surface area contributed by atoms with Crippen LogP contribution in [0.2, 0.25) is 0 Å². The normalized spacial score (nSPS) is 12.9. The number of fused-ring (bicyclic) bond motifs is 3. The average molecular weight is 717 g/mol. The van der Waals surface area contributed by atoms with Gasteiger partial charge >= 0.3 is 0 Å². The van der Waals surface area contributed by atoms with Crippen molar-refractivity contribution in [2.24, 2.45) is 0 Å². The molecule has 1 aliphatic carbocycles. The smallest absolute Gasteiger partial charge is 0.0465 e. The van der Waals surface area contributed by atoms with Gasteiger partial charge in [-0.15, -0.1) is 0 Å². The van der Waals surface area contributed by atoms with E-state index in [1.54, 1.807) is 5.56 Å². The summed E-state index contributed by atoms with van der Waals surface area (Å²) in [5.41, 5.74) is 12.0. The molecule has 1 heterocycles. The SMILES string of the molecule is CCCCCCCCCCC1(CCCCCCCCCC)c2cc(C=Cc3ccncc3)ccc2-c2ccc(N(c3ccccc3)c3ccccc3)cc21.